The van der Waals surface area contributed by atoms with Crippen molar-refractivity contribution in [1.82, 2.24) is 24.6 Å². The zero-order chi connectivity index (χ0) is 17.1. The Morgan fingerprint density at radius 2 is 2.00 bits per heavy atom. The first-order chi connectivity index (χ1) is 12.3. The summed E-state index contributed by atoms with van der Waals surface area (Å²) in [4.78, 5) is 12.0. The lowest BCUT2D eigenvalue weighted by molar-refractivity contribution is 0.0389. The Balaban J connectivity index is 1.49. The van der Waals surface area contributed by atoms with Gasteiger partial charge in [-0.3, -0.25) is 9.58 Å². The first-order valence-electron chi connectivity index (χ1n) is 8.81. The van der Waals surface area contributed by atoms with Crippen molar-refractivity contribution in [1.29, 1.82) is 0 Å². The smallest absolute Gasteiger partial charge is 0.0897 e. The summed E-state index contributed by atoms with van der Waals surface area (Å²) in [6, 6.07) is 10.00. The molecule has 2 aromatic heterocycles. The topological polar surface area (TPSA) is 56.1 Å². The maximum Gasteiger partial charge on any atom is 0.0897 e. The number of benzene rings is 1. The van der Waals surface area contributed by atoms with Crippen LogP contribution < -0.4 is 0 Å². The van der Waals surface area contributed by atoms with Crippen LogP contribution in [0.5, 0.6) is 0 Å². The van der Waals surface area contributed by atoms with Crippen LogP contribution in [0.1, 0.15) is 17.8 Å². The first kappa shape index (κ1) is 16.2. The van der Waals surface area contributed by atoms with Crippen molar-refractivity contribution in [3.63, 3.8) is 0 Å². The lowest BCUT2D eigenvalue weighted by atomic mass is 10.2. The van der Waals surface area contributed by atoms with Gasteiger partial charge in [-0.1, -0.05) is 12.1 Å². The lowest BCUT2D eigenvalue weighted by Crippen LogP contribution is -2.34. The third-order valence-corrected chi connectivity index (χ3v) is 4.60. The largest absolute Gasteiger partial charge is 0.375 e. The Labute approximate surface area is 147 Å². The molecule has 1 atom stereocenters. The number of fused-ring (bicyclic) bond motifs is 1. The number of aryl methyl sites for hydroxylation is 1. The fourth-order valence-electron chi connectivity index (χ4n) is 3.33. The summed E-state index contributed by atoms with van der Waals surface area (Å²) in [6.45, 7) is 6.33. The monoisotopic (exact) mass is 337 g/mol. The average molecular weight is 337 g/mol. The van der Waals surface area contributed by atoms with E-state index in [0.717, 1.165) is 61.6 Å². The summed E-state index contributed by atoms with van der Waals surface area (Å²) < 4.78 is 7.95. The van der Waals surface area contributed by atoms with Crippen LogP contribution >= 0.6 is 0 Å². The molecule has 130 valence electrons. The highest BCUT2D eigenvalue weighted by atomic mass is 16.5. The molecule has 0 aliphatic carbocycles. The van der Waals surface area contributed by atoms with Crippen molar-refractivity contribution in [3.8, 4) is 0 Å². The van der Waals surface area contributed by atoms with Crippen LogP contribution in [-0.2, 0) is 17.8 Å². The lowest BCUT2D eigenvalue weighted by Gasteiger charge is -2.24. The van der Waals surface area contributed by atoms with E-state index in [1.54, 1.807) is 0 Å². The van der Waals surface area contributed by atoms with Crippen LogP contribution in [0, 0.1) is 6.92 Å². The number of rotatable bonds is 4. The Morgan fingerprint density at radius 3 is 2.80 bits per heavy atom. The second-order valence-electron chi connectivity index (χ2n) is 6.55. The van der Waals surface area contributed by atoms with Crippen LogP contribution in [0.2, 0.25) is 0 Å². The van der Waals surface area contributed by atoms with E-state index in [4.69, 9.17) is 14.7 Å². The molecule has 0 N–H and O–H groups in total. The Hall–Kier alpha value is -2.31. The number of aromatic nitrogens is 4. The molecule has 3 aromatic rings. The fourth-order valence-corrected chi connectivity index (χ4v) is 3.33. The van der Waals surface area contributed by atoms with Crippen molar-refractivity contribution in [2.45, 2.75) is 32.5 Å². The third-order valence-electron chi connectivity index (χ3n) is 4.60. The van der Waals surface area contributed by atoms with Gasteiger partial charge in [0, 0.05) is 38.6 Å². The van der Waals surface area contributed by atoms with E-state index in [2.05, 4.69) is 10.00 Å². The molecule has 0 bridgehead atoms. The summed E-state index contributed by atoms with van der Waals surface area (Å²) in [6.07, 6.45) is 4.98. The summed E-state index contributed by atoms with van der Waals surface area (Å²) in [7, 11) is 0. The van der Waals surface area contributed by atoms with Crippen molar-refractivity contribution in [2.24, 2.45) is 0 Å². The minimum atomic E-state index is 0.149. The Morgan fingerprint density at radius 1 is 1.16 bits per heavy atom. The molecule has 1 fully saturated rings. The van der Waals surface area contributed by atoms with Crippen molar-refractivity contribution in [3.05, 3.63) is 54.1 Å². The number of nitrogens with zero attached hydrogens (tertiary/aromatic N) is 5. The van der Waals surface area contributed by atoms with E-state index < -0.39 is 0 Å². The molecule has 0 spiro atoms. The summed E-state index contributed by atoms with van der Waals surface area (Å²) in [5, 5.41) is 4.29. The highest BCUT2D eigenvalue weighted by Gasteiger charge is 2.20. The molecule has 0 amide bonds. The molecule has 25 heavy (non-hydrogen) atoms. The summed E-state index contributed by atoms with van der Waals surface area (Å²) >= 11 is 0. The van der Waals surface area contributed by atoms with Gasteiger partial charge in [0.25, 0.3) is 0 Å². The molecule has 3 heterocycles. The predicted molar refractivity (Wildman–Crippen MR) is 96.1 cm³/mol. The number of para-hydroxylation sites is 2. The zero-order valence-corrected chi connectivity index (χ0v) is 14.5. The van der Waals surface area contributed by atoms with Crippen LogP contribution in [0.3, 0.4) is 0 Å². The third kappa shape index (κ3) is 3.86. The van der Waals surface area contributed by atoms with Gasteiger partial charge in [0.1, 0.15) is 0 Å². The van der Waals surface area contributed by atoms with Crippen LogP contribution in [0.15, 0.2) is 42.7 Å². The zero-order valence-electron chi connectivity index (χ0n) is 14.5. The van der Waals surface area contributed by atoms with Crippen LogP contribution in [0.25, 0.3) is 11.0 Å². The molecule has 0 saturated carbocycles. The molecular weight excluding hydrogens is 314 g/mol. The molecule has 1 saturated heterocycles. The molecular formula is C19H23N5O. The molecule has 6 nitrogen and oxygen atoms in total. The van der Waals surface area contributed by atoms with Gasteiger partial charge in [0.2, 0.25) is 0 Å². The fraction of sp³-hybridized carbons (Fsp3) is 0.421. The minimum Gasteiger partial charge on any atom is -0.375 e. The molecule has 0 unspecified atom stereocenters. The molecule has 0 radical (unpaired) electrons. The van der Waals surface area contributed by atoms with Gasteiger partial charge in [-0.2, -0.15) is 5.10 Å². The van der Waals surface area contributed by atoms with E-state index in [-0.39, 0.29) is 6.10 Å². The second kappa shape index (κ2) is 7.29. The first-order valence-corrected chi connectivity index (χ1v) is 8.81. The van der Waals surface area contributed by atoms with Gasteiger partial charge < -0.3 is 4.74 Å². The maximum atomic E-state index is 6.01. The minimum absolute atomic E-state index is 0.149. The van der Waals surface area contributed by atoms with E-state index >= 15 is 0 Å². The highest BCUT2D eigenvalue weighted by molar-refractivity contribution is 5.74. The molecule has 4 rings (SSSR count). The number of ether oxygens (including phenoxy) is 1. The van der Waals surface area contributed by atoms with E-state index in [1.165, 1.54) is 0 Å². The van der Waals surface area contributed by atoms with Crippen molar-refractivity contribution >= 4 is 11.0 Å². The summed E-state index contributed by atoms with van der Waals surface area (Å²) in [5.74, 6) is 0. The van der Waals surface area contributed by atoms with Crippen molar-refractivity contribution in [2.75, 3.05) is 19.7 Å². The van der Waals surface area contributed by atoms with E-state index in [0.29, 0.717) is 0 Å². The molecule has 1 aliphatic heterocycles. The standard InChI is InChI=1S/C19H23N5O/c1-15-19(22-18-7-3-2-6-17(18)21-15)14-23-9-5-11-25-16(12-23)13-24-10-4-8-20-24/h2-4,6-8,10,16H,5,9,11-14H2,1H3/t16-/m1/s1. The maximum absolute atomic E-state index is 6.01. The quantitative estimate of drug-likeness (QED) is 0.732. The molecule has 6 heteroatoms. The van der Waals surface area contributed by atoms with Crippen LogP contribution in [0.4, 0.5) is 0 Å². The van der Waals surface area contributed by atoms with Gasteiger partial charge in [-0.05, 0) is 31.5 Å². The average Bonchev–Trinajstić information content (AvgIpc) is 3.02. The van der Waals surface area contributed by atoms with Gasteiger partial charge in [0.15, 0.2) is 0 Å². The van der Waals surface area contributed by atoms with E-state index in [1.807, 2.05) is 54.3 Å². The molecule has 1 aromatic carbocycles. The normalized spacial score (nSPS) is 19.2. The van der Waals surface area contributed by atoms with Gasteiger partial charge in [-0.15, -0.1) is 0 Å². The van der Waals surface area contributed by atoms with Gasteiger partial charge in [-0.25, -0.2) is 9.97 Å². The SMILES string of the molecule is Cc1nc2ccccc2nc1CN1CCCO[C@@H](Cn2cccn2)C1. The number of hydrogen-bond donors (Lipinski definition) is 0. The Kier molecular flexibility index (Phi) is 4.72. The Bertz CT molecular complexity index is 833. The second-order valence-corrected chi connectivity index (χ2v) is 6.55. The van der Waals surface area contributed by atoms with Gasteiger partial charge >= 0.3 is 0 Å². The molecule has 1 aliphatic rings. The van der Waals surface area contributed by atoms with Crippen LogP contribution in [-0.4, -0.2) is 50.4 Å². The summed E-state index contributed by atoms with van der Waals surface area (Å²) in [5.41, 5.74) is 3.98. The predicted octanol–water partition coefficient (Wildman–Crippen LogP) is 2.43. The van der Waals surface area contributed by atoms with Gasteiger partial charge in [0.05, 0.1) is 35.1 Å². The highest BCUT2D eigenvalue weighted by Crippen LogP contribution is 2.16. The van der Waals surface area contributed by atoms with Crippen molar-refractivity contribution < 1.29 is 4.74 Å². The van der Waals surface area contributed by atoms with E-state index in [9.17, 15) is 0 Å². The number of hydrogen-bond acceptors (Lipinski definition) is 5.